The van der Waals surface area contributed by atoms with Gasteiger partial charge in [-0.15, -0.1) is 0 Å². The molecule has 1 N–H and O–H groups in total. The van der Waals surface area contributed by atoms with Gasteiger partial charge in [-0.05, 0) is 20.8 Å². The highest BCUT2D eigenvalue weighted by Gasteiger charge is 2.39. The summed E-state index contributed by atoms with van der Waals surface area (Å²) in [6.07, 6.45) is 0. The average molecular weight is 212 g/mol. The zero-order chi connectivity index (χ0) is 11.9. The summed E-state index contributed by atoms with van der Waals surface area (Å²) in [6.45, 7) is 14.0. The molecule has 0 aromatic rings. The van der Waals surface area contributed by atoms with E-state index in [0.29, 0.717) is 6.04 Å². The van der Waals surface area contributed by atoms with Gasteiger partial charge >= 0.3 is 0 Å². The van der Waals surface area contributed by atoms with Crippen LogP contribution in [0.25, 0.3) is 0 Å². The molecule has 0 saturated carbocycles. The van der Waals surface area contributed by atoms with Gasteiger partial charge in [0.15, 0.2) is 0 Å². The Labute approximate surface area is 93.2 Å². The van der Waals surface area contributed by atoms with Crippen LogP contribution in [0.2, 0.25) is 0 Å². The third-order valence-electron chi connectivity index (χ3n) is 2.96. The molecule has 15 heavy (non-hydrogen) atoms. The van der Waals surface area contributed by atoms with Crippen molar-refractivity contribution in [2.75, 3.05) is 13.1 Å². The Morgan fingerprint density at radius 3 is 2.40 bits per heavy atom. The van der Waals surface area contributed by atoms with Gasteiger partial charge in [0.1, 0.15) is 0 Å². The van der Waals surface area contributed by atoms with E-state index in [9.17, 15) is 4.79 Å². The van der Waals surface area contributed by atoms with E-state index in [1.165, 1.54) is 0 Å². The molecule has 1 fully saturated rings. The minimum absolute atomic E-state index is 0.0725. The lowest BCUT2D eigenvalue weighted by Gasteiger charge is -2.47. The molecule has 1 atom stereocenters. The Hall–Kier alpha value is -0.570. The quantitative estimate of drug-likeness (QED) is 0.662. The fourth-order valence-corrected chi connectivity index (χ4v) is 1.87. The molecule has 1 heterocycles. The molecule has 1 saturated heterocycles. The highest BCUT2D eigenvalue weighted by Crippen LogP contribution is 2.26. The van der Waals surface area contributed by atoms with E-state index in [1.54, 1.807) is 0 Å². The number of nitrogens with zero attached hydrogens (tertiary/aromatic N) is 1. The van der Waals surface area contributed by atoms with Gasteiger partial charge in [-0.2, -0.15) is 0 Å². The predicted octanol–water partition coefficient (Wildman–Crippen LogP) is 1.63. The molecule has 88 valence electrons. The summed E-state index contributed by atoms with van der Waals surface area (Å²) in [5.41, 5.74) is -0.356. The molecule has 1 rings (SSSR count). The Balaban J connectivity index is 2.86. The molecule has 0 bridgehead atoms. The Bertz CT molecular complexity index is 253. The van der Waals surface area contributed by atoms with E-state index in [0.717, 1.165) is 13.1 Å². The highest BCUT2D eigenvalue weighted by atomic mass is 16.2. The fourth-order valence-electron chi connectivity index (χ4n) is 1.87. The molecular weight excluding hydrogens is 188 g/mol. The first-order valence-electron chi connectivity index (χ1n) is 5.70. The Morgan fingerprint density at radius 2 is 1.93 bits per heavy atom. The molecule has 0 aromatic heterocycles. The van der Waals surface area contributed by atoms with E-state index in [-0.39, 0.29) is 16.9 Å². The standard InChI is InChI=1S/C12H24N2O/c1-9-7-14(10(15)11(2,3)4)12(5,6)8-13-9/h9,13H,7-8H2,1-6H3. The summed E-state index contributed by atoms with van der Waals surface area (Å²) in [7, 11) is 0. The van der Waals surface area contributed by atoms with Crippen LogP contribution in [0.15, 0.2) is 0 Å². The molecule has 3 heteroatoms. The first kappa shape index (κ1) is 12.5. The van der Waals surface area contributed by atoms with Crippen molar-refractivity contribution in [3.05, 3.63) is 0 Å². The maximum Gasteiger partial charge on any atom is 0.228 e. The molecule has 0 aliphatic carbocycles. The molecule has 1 aliphatic rings. The fraction of sp³-hybridized carbons (Fsp3) is 0.917. The Kier molecular flexibility index (Phi) is 3.15. The number of carbonyl (C=O) groups is 1. The summed E-state index contributed by atoms with van der Waals surface area (Å²) >= 11 is 0. The molecule has 1 aliphatic heterocycles. The van der Waals surface area contributed by atoms with Gasteiger partial charge < -0.3 is 10.2 Å². The summed E-state index contributed by atoms with van der Waals surface area (Å²) in [5.74, 6) is 0.251. The second-order valence-electron chi connectivity index (χ2n) is 6.26. The highest BCUT2D eigenvalue weighted by molar-refractivity contribution is 5.82. The largest absolute Gasteiger partial charge is 0.334 e. The topological polar surface area (TPSA) is 32.3 Å². The summed E-state index contributed by atoms with van der Waals surface area (Å²) < 4.78 is 0. The van der Waals surface area contributed by atoms with Crippen LogP contribution in [0.5, 0.6) is 0 Å². The van der Waals surface area contributed by atoms with E-state index < -0.39 is 0 Å². The first-order chi connectivity index (χ1) is 6.64. The lowest BCUT2D eigenvalue weighted by Crippen LogP contribution is -2.64. The van der Waals surface area contributed by atoms with Crippen molar-refractivity contribution in [2.24, 2.45) is 5.41 Å². The zero-order valence-corrected chi connectivity index (χ0v) is 10.8. The van der Waals surface area contributed by atoms with Crippen LogP contribution in [-0.2, 0) is 4.79 Å². The Morgan fingerprint density at radius 1 is 1.40 bits per heavy atom. The normalized spacial score (nSPS) is 26.5. The number of amides is 1. The van der Waals surface area contributed by atoms with Gasteiger partial charge in [-0.25, -0.2) is 0 Å². The van der Waals surface area contributed by atoms with Crippen LogP contribution >= 0.6 is 0 Å². The van der Waals surface area contributed by atoms with Gasteiger partial charge in [0.25, 0.3) is 0 Å². The van der Waals surface area contributed by atoms with E-state index >= 15 is 0 Å². The van der Waals surface area contributed by atoms with Crippen LogP contribution in [-0.4, -0.2) is 35.5 Å². The van der Waals surface area contributed by atoms with Crippen LogP contribution in [0, 0.1) is 5.41 Å². The molecule has 0 aromatic carbocycles. The maximum atomic E-state index is 12.3. The van der Waals surface area contributed by atoms with Crippen LogP contribution in [0.4, 0.5) is 0 Å². The summed E-state index contributed by atoms with van der Waals surface area (Å²) in [4.78, 5) is 14.3. The van der Waals surface area contributed by atoms with E-state index in [2.05, 4.69) is 26.1 Å². The van der Waals surface area contributed by atoms with Gasteiger partial charge in [-0.3, -0.25) is 4.79 Å². The minimum atomic E-state index is -0.283. The summed E-state index contributed by atoms with van der Waals surface area (Å²) in [5, 5.41) is 3.41. The zero-order valence-electron chi connectivity index (χ0n) is 10.8. The van der Waals surface area contributed by atoms with Crippen molar-refractivity contribution in [3.63, 3.8) is 0 Å². The van der Waals surface area contributed by atoms with E-state index in [4.69, 9.17) is 0 Å². The van der Waals surface area contributed by atoms with E-state index in [1.807, 2.05) is 25.7 Å². The van der Waals surface area contributed by atoms with Crippen molar-refractivity contribution >= 4 is 5.91 Å². The number of nitrogens with one attached hydrogen (secondary N) is 1. The van der Waals surface area contributed by atoms with Crippen LogP contribution < -0.4 is 5.32 Å². The third kappa shape index (κ3) is 2.71. The lowest BCUT2D eigenvalue weighted by molar-refractivity contribution is -0.147. The second kappa shape index (κ2) is 3.78. The van der Waals surface area contributed by atoms with Gasteiger partial charge in [0.05, 0.1) is 0 Å². The number of hydrogen-bond acceptors (Lipinski definition) is 2. The van der Waals surface area contributed by atoms with Crippen LogP contribution in [0.3, 0.4) is 0 Å². The van der Waals surface area contributed by atoms with Gasteiger partial charge in [0, 0.05) is 30.1 Å². The smallest absolute Gasteiger partial charge is 0.228 e. The molecule has 0 radical (unpaired) electrons. The van der Waals surface area contributed by atoms with Crippen LogP contribution in [0.1, 0.15) is 41.5 Å². The lowest BCUT2D eigenvalue weighted by atomic mass is 9.89. The third-order valence-corrected chi connectivity index (χ3v) is 2.96. The molecule has 1 unspecified atom stereocenters. The first-order valence-corrected chi connectivity index (χ1v) is 5.70. The van der Waals surface area contributed by atoms with Crippen molar-refractivity contribution in [2.45, 2.75) is 53.1 Å². The van der Waals surface area contributed by atoms with Gasteiger partial charge in [-0.1, -0.05) is 20.8 Å². The van der Waals surface area contributed by atoms with Crippen molar-refractivity contribution < 1.29 is 4.79 Å². The van der Waals surface area contributed by atoms with Gasteiger partial charge in [0.2, 0.25) is 5.91 Å². The number of piperazine rings is 1. The molecule has 3 nitrogen and oxygen atoms in total. The monoisotopic (exact) mass is 212 g/mol. The number of carbonyl (C=O) groups excluding carboxylic acids is 1. The van der Waals surface area contributed by atoms with Crippen molar-refractivity contribution in [1.82, 2.24) is 10.2 Å². The molecular formula is C12H24N2O. The summed E-state index contributed by atoms with van der Waals surface area (Å²) in [6, 6.07) is 0.393. The maximum absolute atomic E-state index is 12.3. The average Bonchev–Trinajstić information content (AvgIpc) is 2.06. The molecule has 1 amide bonds. The minimum Gasteiger partial charge on any atom is -0.334 e. The second-order valence-corrected chi connectivity index (χ2v) is 6.26. The SMILES string of the molecule is CC1CN(C(=O)C(C)(C)C)C(C)(C)CN1. The molecule has 0 spiro atoms. The predicted molar refractivity (Wildman–Crippen MR) is 62.7 cm³/mol. The number of hydrogen-bond donors (Lipinski definition) is 1. The van der Waals surface area contributed by atoms with Crippen molar-refractivity contribution in [1.29, 1.82) is 0 Å². The van der Waals surface area contributed by atoms with Crippen molar-refractivity contribution in [3.8, 4) is 0 Å². The number of rotatable bonds is 0.